The SMILES string of the molecule is NC1=NC(N)(c2ccccc2)N=C(CSc2n[nH]c(-c3ccccc3)n2)N1. The minimum atomic E-state index is -1.24. The van der Waals surface area contributed by atoms with Crippen LogP contribution >= 0.6 is 11.8 Å². The summed E-state index contributed by atoms with van der Waals surface area (Å²) in [6.45, 7) is 0. The third kappa shape index (κ3) is 3.83. The average Bonchev–Trinajstić information content (AvgIpc) is 3.16. The van der Waals surface area contributed by atoms with Crippen molar-refractivity contribution in [3.8, 4) is 11.4 Å². The molecule has 1 unspecified atom stereocenters. The van der Waals surface area contributed by atoms with Crippen molar-refractivity contribution in [2.24, 2.45) is 21.5 Å². The normalized spacial score (nSPS) is 19.1. The molecule has 1 aliphatic heterocycles. The van der Waals surface area contributed by atoms with Gasteiger partial charge in [-0.05, 0) is 0 Å². The van der Waals surface area contributed by atoms with Crippen LogP contribution in [0.3, 0.4) is 0 Å². The summed E-state index contributed by atoms with van der Waals surface area (Å²) in [6.07, 6.45) is 0. The van der Waals surface area contributed by atoms with E-state index >= 15 is 0 Å². The second kappa shape index (κ2) is 7.22. The molecule has 2 aromatic carbocycles. The number of nitrogens with one attached hydrogen (secondary N) is 2. The number of aromatic nitrogens is 3. The summed E-state index contributed by atoms with van der Waals surface area (Å²) in [7, 11) is 0. The van der Waals surface area contributed by atoms with Gasteiger partial charge in [0.05, 0.1) is 5.75 Å². The van der Waals surface area contributed by atoms with Crippen LogP contribution in [0.2, 0.25) is 0 Å². The number of nitrogens with zero attached hydrogens (tertiary/aromatic N) is 4. The largest absolute Gasteiger partial charge is 0.370 e. The van der Waals surface area contributed by atoms with Crippen LogP contribution in [-0.4, -0.2) is 32.7 Å². The fourth-order valence-electron chi connectivity index (χ4n) is 2.67. The lowest BCUT2D eigenvalue weighted by Gasteiger charge is -2.27. The summed E-state index contributed by atoms with van der Waals surface area (Å²) in [5, 5.41) is 10.8. The van der Waals surface area contributed by atoms with E-state index in [-0.39, 0.29) is 5.96 Å². The summed E-state index contributed by atoms with van der Waals surface area (Å²) >= 11 is 1.43. The van der Waals surface area contributed by atoms with E-state index in [1.165, 1.54) is 11.8 Å². The highest BCUT2D eigenvalue weighted by Gasteiger charge is 2.30. The number of guanidine groups is 1. The number of aliphatic imine (C=N–C) groups is 2. The third-order valence-electron chi connectivity index (χ3n) is 3.92. The molecule has 8 nitrogen and oxygen atoms in total. The second-order valence-electron chi connectivity index (χ2n) is 5.89. The number of rotatable bonds is 5. The Morgan fingerprint density at radius 2 is 1.67 bits per heavy atom. The van der Waals surface area contributed by atoms with E-state index in [4.69, 9.17) is 11.5 Å². The molecule has 0 bridgehead atoms. The third-order valence-corrected chi connectivity index (χ3v) is 4.78. The zero-order valence-corrected chi connectivity index (χ0v) is 15.1. The van der Waals surface area contributed by atoms with Crippen molar-refractivity contribution in [1.82, 2.24) is 20.5 Å². The zero-order chi connectivity index (χ0) is 18.7. The van der Waals surface area contributed by atoms with E-state index in [2.05, 4.69) is 30.5 Å². The Morgan fingerprint density at radius 1 is 0.963 bits per heavy atom. The number of benzene rings is 2. The van der Waals surface area contributed by atoms with Crippen molar-refractivity contribution >= 4 is 23.6 Å². The van der Waals surface area contributed by atoms with Crippen molar-refractivity contribution in [3.63, 3.8) is 0 Å². The van der Waals surface area contributed by atoms with Gasteiger partial charge in [-0.1, -0.05) is 72.4 Å². The first kappa shape index (κ1) is 17.3. The molecule has 0 saturated heterocycles. The number of amidine groups is 1. The molecule has 6 N–H and O–H groups in total. The Morgan fingerprint density at radius 3 is 2.41 bits per heavy atom. The number of hydrogen-bond acceptors (Lipinski definition) is 8. The highest BCUT2D eigenvalue weighted by molar-refractivity contribution is 7.99. The molecule has 2 heterocycles. The van der Waals surface area contributed by atoms with E-state index < -0.39 is 5.79 Å². The molecular weight excluding hydrogens is 360 g/mol. The monoisotopic (exact) mass is 378 g/mol. The lowest BCUT2D eigenvalue weighted by atomic mass is 10.1. The Balaban J connectivity index is 1.49. The molecule has 0 aliphatic carbocycles. The zero-order valence-electron chi connectivity index (χ0n) is 14.3. The molecule has 136 valence electrons. The van der Waals surface area contributed by atoms with Crippen LogP contribution in [0.4, 0.5) is 0 Å². The van der Waals surface area contributed by atoms with Crippen molar-refractivity contribution in [1.29, 1.82) is 0 Å². The van der Waals surface area contributed by atoms with Gasteiger partial charge in [-0.15, -0.1) is 5.10 Å². The molecule has 3 aromatic rings. The van der Waals surface area contributed by atoms with E-state index in [0.29, 0.717) is 16.7 Å². The van der Waals surface area contributed by atoms with Crippen LogP contribution in [0.15, 0.2) is 75.8 Å². The summed E-state index contributed by atoms with van der Waals surface area (Å²) in [5.74, 6) is 0.807. The van der Waals surface area contributed by atoms with Gasteiger partial charge in [0.25, 0.3) is 0 Å². The predicted octanol–water partition coefficient (Wildman–Crippen LogP) is 1.65. The maximum Gasteiger partial charge on any atom is 0.234 e. The number of hydrogen-bond donors (Lipinski definition) is 4. The van der Waals surface area contributed by atoms with Gasteiger partial charge in [0.1, 0.15) is 5.84 Å². The molecule has 0 saturated carbocycles. The highest BCUT2D eigenvalue weighted by Crippen LogP contribution is 2.25. The summed E-state index contributed by atoms with van der Waals surface area (Å²) in [6, 6.07) is 19.3. The van der Waals surface area contributed by atoms with Gasteiger partial charge in [0.2, 0.25) is 10.9 Å². The molecule has 0 radical (unpaired) electrons. The van der Waals surface area contributed by atoms with Crippen LogP contribution in [0.5, 0.6) is 0 Å². The molecule has 1 atom stereocenters. The van der Waals surface area contributed by atoms with Crippen LogP contribution in [-0.2, 0) is 5.79 Å². The fourth-order valence-corrected chi connectivity index (χ4v) is 3.34. The number of nitrogens with two attached hydrogens (primary N) is 2. The fraction of sp³-hybridized carbons (Fsp3) is 0.111. The summed E-state index contributed by atoms with van der Waals surface area (Å²) in [5.41, 5.74) is 14.0. The van der Waals surface area contributed by atoms with E-state index in [9.17, 15) is 0 Å². The van der Waals surface area contributed by atoms with Gasteiger partial charge in [-0.3, -0.25) is 10.8 Å². The molecule has 1 aliphatic rings. The molecule has 4 rings (SSSR count). The maximum absolute atomic E-state index is 6.37. The van der Waals surface area contributed by atoms with E-state index in [1.807, 2.05) is 60.7 Å². The van der Waals surface area contributed by atoms with Gasteiger partial charge < -0.3 is 11.1 Å². The quantitative estimate of drug-likeness (QED) is 0.499. The molecular formula is C18H18N8S. The molecule has 9 heteroatoms. The van der Waals surface area contributed by atoms with Crippen LogP contribution < -0.4 is 16.8 Å². The number of H-pyrrole nitrogens is 1. The standard InChI is InChI=1S/C18H18N8S/c19-16-21-14(23-18(20,24-16)13-9-5-2-6-10-13)11-27-17-22-15(25-26-17)12-7-3-1-4-8-12/h1-10H,11,20H2,(H,22,25,26)(H3,19,21,23,24). The van der Waals surface area contributed by atoms with Crippen molar-refractivity contribution in [2.45, 2.75) is 10.9 Å². The smallest absolute Gasteiger partial charge is 0.234 e. The average molecular weight is 378 g/mol. The van der Waals surface area contributed by atoms with Gasteiger partial charge >= 0.3 is 0 Å². The molecule has 0 spiro atoms. The predicted molar refractivity (Wildman–Crippen MR) is 107 cm³/mol. The highest BCUT2D eigenvalue weighted by atomic mass is 32.2. The Labute approximate surface area is 160 Å². The minimum absolute atomic E-state index is 0.229. The Bertz CT molecular complexity index is 983. The van der Waals surface area contributed by atoms with Gasteiger partial charge in [0.15, 0.2) is 11.8 Å². The van der Waals surface area contributed by atoms with Crippen molar-refractivity contribution in [2.75, 3.05) is 5.75 Å². The Kier molecular flexibility index (Phi) is 4.61. The molecule has 27 heavy (non-hydrogen) atoms. The molecule has 0 fully saturated rings. The topological polar surface area (TPSA) is 130 Å². The van der Waals surface area contributed by atoms with Crippen LogP contribution in [0.25, 0.3) is 11.4 Å². The van der Waals surface area contributed by atoms with Crippen molar-refractivity contribution in [3.05, 3.63) is 66.2 Å². The lowest BCUT2D eigenvalue weighted by Crippen LogP contribution is -2.49. The van der Waals surface area contributed by atoms with Crippen LogP contribution in [0, 0.1) is 0 Å². The van der Waals surface area contributed by atoms with E-state index in [1.54, 1.807) is 0 Å². The minimum Gasteiger partial charge on any atom is -0.370 e. The summed E-state index contributed by atoms with van der Waals surface area (Å²) in [4.78, 5) is 13.3. The maximum atomic E-state index is 6.37. The molecule has 0 amide bonds. The van der Waals surface area contributed by atoms with Crippen LogP contribution in [0.1, 0.15) is 5.56 Å². The first-order valence-electron chi connectivity index (χ1n) is 8.28. The first-order valence-corrected chi connectivity index (χ1v) is 9.27. The van der Waals surface area contributed by atoms with Crippen molar-refractivity contribution < 1.29 is 0 Å². The first-order chi connectivity index (χ1) is 13.1. The van der Waals surface area contributed by atoms with Gasteiger partial charge in [-0.25, -0.2) is 15.0 Å². The summed E-state index contributed by atoms with van der Waals surface area (Å²) < 4.78 is 0. The number of thioether (sulfide) groups is 1. The van der Waals surface area contributed by atoms with Gasteiger partial charge in [-0.2, -0.15) is 0 Å². The Hall–Kier alpha value is -3.17. The van der Waals surface area contributed by atoms with Gasteiger partial charge in [0, 0.05) is 11.1 Å². The lowest BCUT2D eigenvalue weighted by molar-refractivity contribution is 0.485. The van der Waals surface area contributed by atoms with E-state index in [0.717, 1.165) is 17.0 Å². The second-order valence-corrected chi connectivity index (χ2v) is 6.84. The molecule has 1 aromatic heterocycles. The number of aromatic amines is 1.